The second-order valence-electron chi connectivity index (χ2n) is 7.56. The van der Waals surface area contributed by atoms with Crippen molar-refractivity contribution in [2.24, 2.45) is 5.92 Å². The van der Waals surface area contributed by atoms with Gasteiger partial charge < -0.3 is 20.1 Å². The summed E-state index contributed by atoms with van der Waals surface area (Å²) in [6.07, 6.45) is 7.28. The molecule has 5 rings (SSSR count). The van der Waals surface area contributed by atoms with E-state index in [0.29, 0.717) is 31.4 Å². The zero-order valence-electron chi connectivity index (χ0n) is 16.8. The molecule has 0 radical (unpaired) electrons. The first-order chi connectivity index (χ1) is 14.7. The lowest BCUT2D eigenvalue weighted by molar-refractivity contribution is 0.159. The highest BCUT2D eigenvalue weighted by Crippen LogP contribution is 2.33. The number of pyridine rings is 1. The molecule has 1 saturated heterocycles. The fraction of sp³-hybridized carbons (Fsp3) is 0.450. The van der Waals surface area contributed by atoms with E-state index in [2.05, 4.69) is 20.7 Å². The van der Waals surface area contributed by atoms with Gasteiger partial charge in [-0.2, -0.15) is 5.10 Å². The summed E-state index contributed by atoms with van der Waals surface area (Å²) in [7, 11) is 1.39. The Labute approximate surface area is 173 Å². The molecule has 2 aliphatic heterocycles. The van der Waals surface area contributed by atoms with Crippen LogP contribution in [-0.2, 0) is 17.7 Å². The van der Waals surface area contributed by atoms with Gasteiger partial charge in [0, 0.05) is 36.4 Å². The number of hydrogen-bond acceptors (Lipinski definition) is 7. The highest BCUT2D eigenvalue weighted by molar-refractivity contribution is 5.71. The molecule has 9 nitrogen and oxygen atoms in total. The number of hydrogen-bond donors (Lipinski definition) is 2. The van der Waals surface area contributed by atoms with Crippen molar-refractivity contribution >= 4 is 5.82 Å². The van der Waals surface area contributed by atoms with Crippen LogP contribution in [0.2, 0.25) is 0 Å². The van der Waals surface area contributed by atoms with Crippen molar-refractivity contribution in [3.05, 3.63) is 36.0 Å². The molecular formula is C20H24FN7O2. The van der Waals surface area contributed by atoms with Crippen molar-refractivity contribution in [1.82, 2.24) is 29.9 Å². The predicted molar refractivity (Wildman–Crippen MR) is 108 cm³/mol. The zero-order valence-corrected chi connectivity index (χ0v) is 16.8. The second-order valence-corrected chi connectivity index (χ2v) is 7.56. The summed E-state index contributed by atoms with van der Waals surface area (Å²) in [5, 5.41) is 15.9. The SMILES string of the molecule is COc1ncc(-n2nc3c(c2-c2cnn(CC4CCNC4)c2)CCOCN3)cc1F. The highest BCUT2D eigenvalue weighted by Gasteiger charge is 2.24. The molecular weight excluding hydrogens is 389 g/mol. The normalized spacial score (nSPS) is 18.7. The second kappa shape index (κ2) is 8.04. The number of nitrogens with zero attached hydrogens (tertiary/aromatic N) is 5. The topological polar surface area (TPSA) is 91.0 Å². The number of ether oxygens (including phenoxy) is 2. The van der Waals surface area contributed by atoms with Crippen molar-refractivity contribution in [2.75, 3.05) is 38.9 Å². The Bertz CT molecular complexity index is 1040. The Morgan fingerprint density at radius 3 is 3.10 bits per heavy atom. The van der Waals surface area contributed by atoms with E-state index in [4.69, 9.17) is 14.6 Å². The standard InChI is InChI=1S/C20H24FN7O2/c1-29-20-17(21)6-15(9-23-20)28-18(16-3-5-30-12-24-19(16)26-28)14-8-25-27(11-14)10-13-2-4-22-7-13/h6,8-9,11,13,22H,2-5,7,10,12H2,1H3,(H,24,26). The third-order valence-electron chi connectivity index (χ3n) is 5.57. The quantitative estimate of drug-likeness (QED) is 0.659. The van der Waals surface area contributed by atoms with Crippen LogP contribution in [0.3, 0.4) is 0 Å². The summed E-state index contributed by atoms with van der Waals surface area (Å²) in [5.41, 5.74) is 3.33. The minimum Gasteiger partial charge on any atom is -0.479 e. The zero-order chi connectivity index (χ0) is 20.5. The number of anilines is 1. The number of halogens is 1. The minimum atomic E-state index is -0.535. The van der Waals surface area contributed by atoms with E-state index >= 15 is 0 Å². The van der Waals surface area contributed by atoms with Crippen LogP contribution in [0.15, 0.2) is 24.7 Å². The van der Waals surface area contributed by atoms with Gasteiger partial charge in [0.1, 0.15) is 6.73 Å². The number of rotatable bonds is 5. The van der Waals surface area contributed by atoms with E-state index < -0.39 is 5.82 Å². The first-order valence-electron chi connectivity index (χ1n) is 10.1. The molecule has 1 atom stereocenters. The van der Waals surface area contributed by atoms with Crippen LogP contribution >= 0.6 is 0 Å². The molecule has 158 valence electrons. The number of fused-ring (bicyclic) bond motifs is 1. The van der Waals surface area contributed by atoms with Crippen LogP contribution in [0.25, 0.3) is 16.9 Å². The maximum atomic E-state index is 14.4. The van der Waals surface area contributed by atoms with E-state index in [-0.39, 0.29) is 5.88 Å². The Kier molecular flexibility index (Phi) is 5.09. The molecule has 0 saturated carbocycles. The molecule has 0 aromatic carbocycles. The molecule has 30 heavy (non-hydrogen) atoms. The molecule has 2 N–H and O–H groups in total. The fourth-order valence-corrected chi connectivity index (χ4v) is 4.08. The molecule has 0 aliphatic carbocycles. The van der Waals surface area contributed by atoms with Crippen LogP contribution in [0, 0.1) is 11.7 Å². The average molecular weight is 413 g/mol. The van der Waals surface area contributed by atoms with E-state index in [1.54, 1.807) is 10.9 Å². The molecule has 2 aliphatic rings. The van der Waals surface area contributed by atoms with E-state index in [1.807, 2.05) is 17.1 Å². The molecule has 0 bridgehead atoms. The summed E-state index contributed by atoms with van der Waals surface area (Å²) in [6, 6.07) is 1.38. The van der Waals surface area contributed by atoms with Gasteiger partial charge in [0.05, 0.1) is 37.5 Å². The minimum absolute atomic E-state index is 0.0430. The molecule has 3 aromatic rings. The number of methoxy groups -OCH3 is 1. The van der Waals surface area contributed by atoms with Gasteiger partial charge in [-0.3, -0.25) is 4.68 Å². The van der Waals surface area contributed by atoms with Crippen molar-refractivity contribution in [3.63, 3.8) is 0 Å². The van der Waals surface area contributed by atoms with Crippen LogP contribution in [0.5, 0.6) is 5.88 Å². The van der Waals surface area contributed by atoms with Crippen molar-refractivity contribution < 1.29 is 13.9 Å². The van der Waals surface area contributed by atoms with Gasteiger partial charge in [0.2, 0.25) is 5.88 Å². The Morgan fingerprint density at radius 2 is 2.30 bits per heavy atom. The smallest absolute Gasteiger partial charge is 0.250 e. The summed E-state index contributed by atoms with van der Waals surface area (Å²) >= 11 is 0. The third-order valence-corrected chi connectivity index (χ3v) is 5.57. The van der Waals surface area contributed by atoms with E-state index in [9.17, 15) is 4.39 Å². The Balaban J connectivity index is 1.57. The van der Waals surface area contributed by atoms with Gasteiger partial charge in [-0.15, -0.1) is 5.10 Å². The van der Waals surface area contributed by atoms with Gasteiger partial charge in [0.15, 0.2) is 11.6 Å². The molecule has 10 heteroatoms. The van der Waals surface area contributed by atoms with Crippen LogP contribution in [0.4, 0.5) is 10.2 Å². The third kappa shape index (κ3) is 3.52. The summed E-state index contributed by atoms with van der Waals surface area (Å²) in [6.45, 7) is 3.90. The Morgan fingerprint density at radius 1 is 1.37 bits per heavy atom. The summed E-state index contributed by atoms with van der Waals surface area (Å²) in [5.74, 6) is 0.729. The van der Waals surface area contributed by atoms with Crippen LogP contribution < -0.4 is 15.4 Å². The molecule has 1 unspecified atom stereocenters. The summed E-state index contributed by atoms with van der Waals surface area (Å²) in [4.78, 5) is 4.08. The first kappa shape index (κ1) is 19.0. The average Bonchev–Trinajstić information content (AvgIpc) is 3.46. The highest BCUT2D eigenvalue weighted by atomic mass is 19.1. The molecule has 1 fully saturated rings. The van der Waals surface area contributed by atoms with Crippen molar-refractivity contribution in [2.45, 2.75) is 19.4 Å². The van der Waals surface area contributed by atoms with Gasteiger partial charge in [0.25, 0.3) is 0 Å². The molecule has 0 spiro atoms. The lowest BCUT2D eigenvalue weighted by Gasteiger charge is -2.10. The first-order valence-corrected chi connectivity index (χ1v) is 10.1. The molecule has 0 amide bonds. The van der Waals surface area contributed by atoms with E-state index in [0.717, 1.165) is 48.7 Å². The largest absolute Gasteiger partial charge is 0.479 e. The lowest BCUT2D eigenvalue weighted by atomic mass is 10.1. The summed E-state index contributed by atoms with van der Waals surface area (Å²) < 4.78 is 28.5. The van der Waals surface area contributed by atoms with Gasteiger partial charge in [-0.25, -0.2) is 14.1 Å². The number of aromatic nitrogens is 5. The maximum absolute atomic E-state index is 14.4. The van der Waals surface area contributed by atoms with Gasteiger partial charge in [-0.1, -0.05) is 0 Å². The predicted octanol–water partition coefficient (Wildman–Crippen LogP) is 1.83. The number of nitrogens with one attached hydrogen (secondary N) is 2. The molecule has 3 aromatic heterocycles. The molecule has 5 heterocycles. The van der Waals surface area contributed by atoms with Crippen molar-refractivity contribution in [3.8, 4) is 22.8 Å². The van der Waals surface area contributed by atoms with E-state index in [1.165, 1.54) is 13.2 Å². The monoisotopic (exact) mass is 413 g/mol. The van der Waals surface area contributed by atoms with Gasteiger partial charge >= 0.3 is 0 Å². The van der Waals surface area contributed by atoms with Gasteiger partial charge in [-0.05, 0) is 25.4 Å². The van der Waals surface area contributed by atoms with Crippen LogP contribution in [-0.4, -0.2) is 58.1 Å². The van der Waals surface area contributed by atoms with Crippen LogP contribution in [0.1, 0.15) is 12.0 Å². The Hall–Kier alpha value is -2.98. The maximum Gasteiger partial charge on any atom is 0.250 e. The fourth-order valence-electron chi connectivity index (χ4n) is 4.08. The van der Waals surface area contributed by atoms with Crippen molar-refractivity contribution in [1.29, 1.82) is 0 Å². The lowest BCUT2D eigenvalue weighted by Crippen LogP contribution is -2.14.